The number of likely N-dealkylation sites (N-methyl/N-ethyl adjacent to an activating group) is 2. The summed E-state index contributed by atoms with van der Waals surface area (Å²) in [5, 5.41) is 16.4. The molecule has 0 aliphatic heterocycles. The van der Waals surface area contributed by atoms with Crippen LogP contribution in [-0.2, 0) is 14.4 Å². The molecule has 24 heteroatoms. The van der Waals surface area contributed by atoms with Crippen LogP contribution in [0.1, 0.15) is 85.6 Å². The molecule has 0 aromatic carbocycles. The van der Waals surface area contributed by atoms with Gasteiger partial charge in [0.25, 0.3) is 0 Å². The zero-order valence-corrected chi connectivity index (χ0v) is 49.0. The molecule has 9 heterocycles. The number of nitrogens with zero attached hydrogens (tertiary/aromatic N) is 11. The molecule has 0 spiro atoms. The van der Waals surface area contributed by atoms with E-state index in [9.17, 15) is 14.4 Å². The summed E-state index contributed by atoms with van der Waals surface area (Å²) in [5.41, 5.74) is 2.03. The lowest BCUT2D eigenvalue weighted by Gasteiger charge is -2.32. The second-order valence-electron chi connectivity index (χ2n) is 20.1. The van der Waals surface area contributed by atoms with Gasteiger partial charge in [0, 0.05) is 125 Å². The zero-order valence-electron chi connectivity index (χ0n) is 46.8. The molecule has 9 aromatic heterocycles. The van der Waals surface area contributed by atoms with Crippen LogP contribution < -0.4 is 21.3 Å². The molecule has 436 valence electrons. The Labute approximate surface area is 495 Å². The first-order chi connectivity index (χ1) is 38.6. The number of fused-ring (bicyclic) bond motifs is 3. The number of hydrogen-bond donors (Lipinski definition) is 7. The van der Waals surface area contributed by atoms with Crippen molar-refractivity contribution in [2.75, 3.05) is 48.7 Å². The molecule has 0 bridgehead atoms. The number of hydrogen-bond acceptors (Lipinski definition) is 15. The first-order valence-electron chi connectivity index (χ1n) is 26.1. The Bertz CT molecular complexity index is 3750. The fourth-order valence-electron chi connectivity index (χ4n) is 8.61. The Balaban J connectivity index is 0.00000124. The lowest BCUT2D eigenvalue weighted by atomic mass is 10.0. The molecule has 3 amide bonds. The monoisotopic (exact) mass is 1170 g/mol. The highest BCUT2D eigenvalue weighted by atomic mass is 35.5. The van der Waals surface area contributed by atoms with E-state index in [4.69, 9.17) is 41.2 Å². The van der Waals surface area contributed by atoms with E-state index in [0.29, 0.717) is 80.9 Å². The molecule has 0 fully saturated rings. The number of H-pyrrole nitrogens is 3. The van der Waals surface area contributed by atoms with Crippen LogP contribution in [0.2, 0.25) is 15.1 Å². The normalized spacial score (nSPS) is 11.5. The average molecular weight is 1170 g/mol. The summed E-state index contributed by atoms with van der Waals surface area (Å²) >= 11 is 18.2. The third-order valence-corrected chi connectivity index (χ3v) is 13.3. The molecule has 7 N–H and O–H groups in total. The van der Waals surface area contributed by atoms with Gasteiger partial charge in [0.1, 0.15) is 51.0 Å². The van der Waals surface area contributed by atoms with E-state index in [2.05, 4.69) is 93.9 Å². The first kappa shape index (κ1) is 60.2. The highest BCUT2D eigenvalue weighted by Gasteiger charge is 2.33. The van der Waals surface area contributed by atoms with Crippen molar-refractivity contribution in [3.8, 4) is 46.5 Å². The van der Waals surface area contributed by atoms with Gasteiger partial charge in [0.15, 0.2) is 17.5 Å². The predicted octanol–water partition coefficient (Wildman–Crippen LogP) is 12.2. The topological polar surface area (TPSA) is 269 Å². The molecular formula is C57H79Cl3N18O3. The standard InChI is InChI=1S/C20H25ClN6O.C19H23ClN6O.C18H17ClN6O.7H2/c1-5-9-27(6-2)19(28)20(3,4)26-16-7-8-22-18(25-16)15-12-24-17-14(15)10-13(21)11-23-17;1-5-26(6-2)18(27)19(3,4)25-15-7-8-21-17(24-15)14-11-23-16-13(14)9-12(20)10-22-16;1-4-6-21-17(26)18(2,3)25-14-5-7-20-16(24-14)13-10-23-15-12(13)8-11(19)9-22-15;;;;;;;/h7-8,10-12H,5-6,9H2,1-4H3,(H,23,24)(H,22,25,26);7-11H,5-6H2,1-4H3,(H,22,23)(H,21,24,25);1,5,7-10H,6H2,2-3H3,(H,21,26)(H,22,23)(H,20,24,25);7*1H. The number of anilines is 3. The Kier molecular flexibility index (Phi) is 19.5. The van der Waals surface area contributed by atoms with Crippen LogP contribution in [0.5, 0.6) is 0 Å². The van der Waals surface area contributed by atoms with Crippen LogP contribution in [0.25, 0.3) is 67.3 Å². The highest BCUT2D eigenvalue weighted by Crippen LogP contribution is 2.31. The molecule has 0 aliphatic carbocycles. The van der Waals surface area contributed by atoms with Gasteiger partial charge in [0.05, 0.1) is 21.6 Å². The molecular weight excluding hydrogens is 1090 g/mol. The summed E-state index contributed by atoms with van der Waals surface area (Å²) in [6.45, 7) is 21.8. The third-order valence-electron chi connectivity index (χ3n) is 12.7. The second-order valence-corrected chi connectivity index (χ2v) is 21.4. The van der Waals surface area contributed by atoms with Crippen LogP contribution >= 0.6 is 34.8 Å². The maximum atomic E-state index is 12.9. The molecule has 21 nitrogen and oxygen atoms in total. The van der Waals surface area contributed by atoms with E-state index >= 15 is 0 Å². The minimum atomic E-state index is -0.895. The Morgan fingerprint density at radius 1 is 0.556 bits per heavy atom. The second kappa shape index (κ2) is 26.2. The van der Waals surface area contributed by atoms with Crippen LogP contribution in [0.4, 0.5) is 17.5 Å². The molecule has 0 unspecified atom stereocenters. The molecule has 0 saturated carbocycles. The molecule has 0 aliphatic rings. The molecule has 9 aromatic rings. The molecule has 0 atom stereocenters. The largest absolute Gasteiger partial charge is 0.356 e. The van der Waals surface area contributed by atoms with E-state index in [1.54, 1.807) is 92.6 Å². The fourth-order valence-corrected chi connectivity index (χ4v) is 9.09. The molecule has 81 heavy (non-hydrogen) atoms. The van der Waals surface area contributed by atoms with Gasteiger partial charge in [0.2, 0.25) is 17.7 Å². The third kappa shape index (κ3) is 14.7. The molecule has 9 rings (SSSR count). The van der Waals surface area contributed by atoms with Crippen LogP contribution in [0.15, 0.2) is 92.2 Å². The van der Waals surface area contributed by atoms with Gasteiger partial charge in [-0.2, -0.15) is 0 Å². The molecule has 0 saturated heterocycles. The minimum Gasteiger partial charge on any atom is -0.356 e. The van der Waals surface area contributed by atoms with E-state index < -0.39 is 16.6 Å². The number of carbonyl (C=O) groups excluding carboxylic acids is 3. The predicted molar refractivity (Wildman–Crippen MR) is 337 cm³/mol. The number of aromatic nitrogens is 12. The summed E-state index contributed by atoms with van der Waals surface area (Å²) in [4.78, 5) is 90.3. The fraction of sp³-hybridized carbons (Fsp3) is 0.333. The quantitative estimate of drug-likeness (QED) is 0.0394. The highest BCUT2D eigenvalue weighted by molar-refractivity contribution is 6.32. The summed E-state index contributed by atoms with van der Waals surface area (Å²) < 4.78 is 0. The SMILES string of the molecule is C#CCNC(=O)C(C)(C)Nc1ccnc(-c2c[nH]c3ncc(Cl)cc23)n1.CCCN(CC)C(=O)C(C)(C)Nc1ccnc(-c2c[nH]c3ncc(Cl)cc23)n1.CCN(CC)C(=O)C(C)(C)Nc1ccnc(-c2c[nH]c3ncc(Cl)cc23)n1.[HH].[HH].[HH].[HH].[HH].[HH].[HH]. The summed E-state index contributed by atoms with van der Waals surface area (Å²) in [5.74, 6) is 5.45. The smallest absolute Gasteiger partial charge is 0.247 e. The number of halogens is 3. The number of carbonyl (C=O) groups is 3. The van der Waals surface area contributed by atoms with Crippen molar-refractivity contribution in [1.29, 1.82) is 0 Å². The Morgan fingerprint density at radius 3 is 1.23 bits per heavy atom. The van der Waals surface area contributed by atoms with Gasteiger partial charge in [-0.3, -0.25) is 14.4 Å². The van der Waals surface area contributed by atoms with Crippen molar-refractivity contribution in [3.05, 3.63) is 107 Å². The van der Waals surface area contributed by atoms with Crippen LogP contribution in [0.3, 0.4) is 0 Å². The van der Waals surface area contributed by atoms with Crippen LogP contribution in [0, 0.1) is 12.3 Å². The van der Waals surface area contributed by atoms with Gasteiger partial charge < -0.3 is 46.0 Å². The van der Waals surface area contributed by atoms with Crippen molar-refractivity contribution < 1.29 is 24.4 Å². The van der Waals surface area contributed by atoms with E-state index in [1.165, 1.54) is 0 Å². The minimum absolute atomic E-state index is 0. The van der Waals surface area contributed by atoms with E-state index in [0.717, 1.165) is 51.5 Å². The van der Waals surface area contributed by atoms with Gasteiger partial charge in [-0.15, -0.1) is 6.42 Å². The van der Waals surface area contributed by atoms with Crippen molar-refractivity contribution in [3.63, 3.8) is 0 Å². The summed E-state index contributed by atoms with van der Waals surface area (Å²) in [6, 6.07) is 10.7. The van der Waals surface area contributed by atoms with Crippen molar-refractivity contribution in [2.24, 2.45) is 0 Å². The van der Waals surface area contributed by atoms with Gasteiger partial charge >= 0.3 is 0 Å². The summed E-state index contributed by atoms with van der Waals surface area (Å²) in [6.07, 6.45) is 21.2. The van der Waals surface area contributed by atoms with E-state index in [-0.39, 0.29) is 34.3 Å². The number of amides is 3. The lowest BCUT2D eigenvalue weighted by molar-refractivity contribution is -0.135. The Morgan fingerprint density at radius 2 is 0.901 bits per heavy atom. The molecule has 0 radical (unpaired) electrons. The number of terminal acetylenes is 1. The van der Waals surface area contributed by atoms with Gasteiger partial charge in [-0.25, -0.2) is 44.9 Å². The maximum Gasteiger partial charge on any atom is 0.247 e. The Hall–Kier alpha value is -8.45. The maximum absolute atomic E-state index is 12.9. The van der Waals surface area contributed by atoms with Gasteiger partial charge in [-0.05, 0) is 105 Å². The number of pyridine rings is 3. The van der Waals surface area contributed by atoms with Gasteiger partial charge in [-0.1, -0.05) is 47.6 Å². The number of nitrogens with one attached hydrogen (secondary N) is 7. The zero-order chi connectivity index (χ0) is 58.6. The number of aromatic amines is 3. The lowest BCUT2D eigenvalue weighted by Crippen LogP contribution is -2.50. The van der Waals surface area contributed by atoms with Crippen molar-refractivity contribution >= 4 is 103 Å². The first-order valence-corrected chi connectivity index (χ1v) is 27.3. The van der Waals surface area contributed by atoms with Crippen molar-refractivity contribution in [2.45, 2.75) is 92.3 Å². The van der Waals surface area contributed by atoms with Crippen LogP contribution in [-0.4, -0.2) is 137 Å². The van der Waals surface area contributed by atoms with Crippen molar-refractivity contribution in [1.82, 2.24) is 74.9 Å². The van der Waals surface area contributed by atoms with E-state index in [1.807, 2.05) is 71.7 Å². The number of rotatable bonds is 18. The summed E-state index contributed by atoms with van der Waals surface area (Å²) in [7, 11) is 0. The average Bonchev–Trinajstić information content (AvgIpc) is 3.06.